The quantitative estimate of drug-likeness (QED) is 0.334. The minimum Gasteiger partial charge on any atom is -0.497 e. The Balaban J connectivity index is 1.93. The van der Waals surface area contributed by atoms with Crippen LogP contribution in [-0.2, 0) is 11.2 Å². The van der Waals surface area contributed by atoms with Crippen LogP contribution >= 0.6 is 27.5 Å². The van der Waals surface area contributed by atoms with Gasteiger partial charge in [-0.05, 0) is 71.7 Å². The molecule has 0 fully saturated rings. The summed E-state index contributed by atoms with van der Waals surface area (Å²) in [6.07, 6.45) is 2.21. The first-order valence-corrected chi connectivity index (χ1v) is 10.3. The van der Waals surface area contributed by atoms with Crippen molar-refractivity contribution in [1.82, 2.24) is 0 Å². The van der Waals surface area contributed by atoms with Crippen LogP contribution in [0.4, 0.5) is 5.69 Å². The maximum atomic E-state index is 12.6. The van der Waals surface area contributed by atoms with E-state index in [0.29, 0.717) is 22.9 Å². The first kappa shape index (κ1) is 21.6. The molecule has 1 amide bonds. The summed E-state index contributed by atoms with van der Waals surface area (Å²) >= 11 is 9.45. The summed E-state index contributed by atoms with van der Waals surface area (Å²) in [5.41, 5.74) is 3.37. The van der Waals surface area contributed by atoms with E-state index in [1.807, 2.05) is 48.5 Å². The summed E-state index contributed by atoms with van der Waals surface area (Å²) in [4.78, 5) is 12.6. The van der Waals surface area contributed by atoms with E-state index in [9.17, 15) is 10.1 Å². The van der Waals surface area contributed by atoms with E-state index in [2.05, 4.69) is 21.2 Å². The van der Waals surface area contributed by atoms with Crippen LogP contribution in [0.1, 0.15) is 16.7 Å². The fourth-order valence-corrected chi connectivity index (χ4v) is 3.44. The van der Waals surface area contributed by atoms with Gasteiger partial charge < -0.3 is 10.1 Å². The molecule has 30 heavy (non-hydrogen) atoms. The van der Waals surface area contributed by atoms with Crippen molar-refractivity contribution in [2.24, 2.45) is 0 Å². The molecule has 4 nitrogen and oxygen atoms in total. The van der Waals surface area contributed by atoms with E-state index in [4.69, 9.17) is 16.3 Å². The van der Waals surface area contributed by atoms with Crippen LogP contribution in [0.5, 0.6) is 5.75 Å². The maximum absolute atomic E-state index is 12.6. The number of methoxy groups -OCH3 is 1. The number of amides is 1. The molecule has 0 unspecified atom stereocenters. The summed E-state index contributed by atoms with van der Waals surface area (Å²) in [6, 6.07) is 22.2. The molecule has 3 rings (SSSR count). The van der Waals surface area contributed by atoms with Crippen molar-refractivity contribution in [3.63, 3.8) is 0 Å². The number of carbonyl (C=O) groups is 1. The third kappa shape index (κ3) is 5.50. The van der Waals surface area contributed by atoms with Crippen molar-refractivity contribution >= 4 is 45.2 Å². The van der Waals surface area contributed by atoms with E-state index in [-0.39, 0.29) is 5.57 Å². The summed E-state index contributed by atoms with van der Waals surface area (Å²) in [6.45, 7) is 0. The molecule has 3 aromatic carbocycles. The second-order valence-corrected chi connectivity index (χ2v) is 7.75. The first-order chi connectivity index (χ1) is 14.5. The van der Waals surface area contributed by atoms with Crippen LogP contribution in [-0.4, -0.2) is 13.0 Å². The maximum Gasteiger partial charge on any atom is 0.266 e. The van der Waals surface area contributed by atoms with Crippen LogP contribution < -0.4 is 10.1 Å². The Hall–Kier alpha value is -3.07. The minimum atomic E-state index is -0.484. The highest BCUT2D eigenvalue weighted by atomic mass is 79.9. The molecular formula is C24H18BrClN2O2. The summed E-state index contributed by atoms with van der Waals surface area (Å²) in [5.74, 6) is 0.223. The smallest absolute Gasteiger partial charge is 0.266 e. The number of rotatable bonds is 6. The fourth-order valence-electron chi connectivity index (χ4n) is 2.89. The lowest BCUT2D eigenvalue weighted by atomic mass is 9.97. The van der Waals surface area contributed by atoms with Crippen molar-refractivity contribution in [1.29, 1.82) is 5.26 Å². The van der Waals surface area contributed by atoms with Crippen molar-refractivity contribution in [2.45, 2.75) is 6.42 Å². The Bertz CT molecular complexity index is 1130. The summed E-state index contributed by atoms with van der Waals surface area (Å²) < 4.78 is 6.35. The van der Waals surface area contributed by atoms with Crippen molar-refractivity contribution in [2.75, 3.05) is 12.4 Å². The van der Waals surface area contributed by atoms with Gasteiger partial charge in [0, 0.05) is 15.2 Å². The van der Waals surface area contributed by atoms with E-state index in [0.717, 1.165) is 21.2 Å². The normalized spacial score (nSPS) is 10.9. The number of anilines is 1. The lowest BCUT2D eigenvalue weighted by molar-refractivity contribution is -0.112. The third-order valence-corrected chi connectivity index (χ3v) is 5.48. The van der Waals surface area contributed by atoms with Gasteiger partial charge in [0.05, 0.1) is 7.11 Å². The zero-order chi connectivity index (χ0) is 21.5. The van der Waals surface area contributed by atoms with Gasteiger partial charge in [0.2, 0.25) is 0 Å². The Morgan fingerprint density at radius 2 is 1.87 bits per heavy atom. The average molecular weight is 482 g/mol. The molecule has 0 aliphatic carbocycles. The van der Waals surface area contributed by atoms with Crippen LogP contribution in [0.2, 0.25) is 5.02 Å². The Morgan fingerprint density at radius 3 is 2.53 bits per heavy atom. The highest BCUT2D eigenvalue weighted by Crippen LogP contribution is 2.26. The van der Waals surface area contributed by atoms with Crippen LogP contribution in [0.25, 0.3) is 6.08 Å². The largest absolute Gasteiger partial charge is 0.497 e. The number of ether oxygens (including phenoxy) is 1. The molecule has 0 aromatic heterocycles. The summed E-state index contributed by atoms with van der Waals surface area (Å²) in [7, 11) is 1.60. The van der Waals surface area contributed by atoms with Gasteiger partial charge in [-0.1, -0.05) is 51.8 Å². The lowest BCUT2D eigenvalue weighted by Gasteiger charge is -2.11. The van der Waals surface area contributed by atoms with E-state index in [1.165, 1.54) is 0 Å². The molecule has 3 aromatic rings. The van der Waals surface area contributed by atoms with E-state index in [1.54, 1.807) is 37.5 Å². The van der Waals surface area contributed by atoms with E-state index >= 15 is 0 Å². The predicted octanol–water partition coefficient (Wildman–Crippen LogP) is 6.25. The number of carbonyl (C=O) groups excluding carboxylic acids is 1. The van der Waals surface area contributed by atoms with E-state index < -0.39 is 5.91 Å². The fraction of sp³-hybridized carbons (Fsp3) is 0.0833. The van der Waals surface area contributed by atoms with Crippen molar-refractivity contribution in [3.8, 4) is 11.8 Å². The number of nitrogens with zero attached hydrogens (tertiary/aromatic N) is 1. The molecule has 0 heterocycles. The molecule has 0 saturated heterocycles. The number of nitriles is 1. The molecule has 0 radical (unpaired) electrons. The lowest BCUT2D eigenvalue weighted by Crippen LogP contribution is -2.13. The Morgan fingerprint density at radius 1 is 1.13 bits per heavy atom. The van der Waals surface area contributed by atoms with Crippen LogP contribution in [0.3, 0.4) is 0 Å². The Labute approximate surface area is 188 Å². The van der Waals surface area contributed by atoms with Crippen molar-refractivity contribution in [3.05, 3.63) is 98.5 Å². The van der Waals surface area contributed by atoms with Gasteiger partial charge in [0.15, 0.2) is 0 Å². The zero-order valence-corrected chi connectivity index (χ0v) is 18.5. The molecule has 6 heteroatoms. The molecule has 0 aliphatic heterocycles. The molecule has 1 N–H and O–H groups in total. The molecule has 0 atom stereocenters. The van der Waals surface area contributed by atoms with Gasteiger partial charge in [-0.15, -0.1) is 0 Å². The molecular weight excluding hydrogens is 464 g/mol. The predicted molar refractivity (Wildman–Crippen MR) is 124 cm³/mol. The van der Waals surface area contributed by atoms with Gasteiger partial charge in [0.1, 0.15) is 17.4 Å². The molecule has 0 bridgehead atoms. The number of nitrogens with one attached hydrogen (secondary N) is 1. The number of hydrogen-bond donors (Lipinski definition) is 1. The molecule has 0 spiro atoms. The van der Waals surface area contributed by atoms with Gasteiger partial charge in [-0.3, -0.25) is 4.79 Å². The minimum absolute atomic E-state index is 0.00324. The van der Waals surface area contributed by atoms with Gasteiger partial charge in [0.25, 0.3) is 5.91 Å². The zero-order valence-electron chi connectivity index (χ0n) is 16.2. The highest BCUT2D eigenvalue weighted by molar-refractivity contribution is 9.10. The van der Waals surface area contributed by atoms with Crippen LogP contribution in [0, 0.1) is 11.3 Å². The average Bonchev–Trinajstić information content (AvgIpc) is 2.75. The number of benzene rings is 3. The SMILES string of the molecule is COc1ccc(/C=C(\C#N)C(=O)Nc2ccc(Cl)cc2)c(Cc2ccccc2Br)c1. The molecule has 0 aliphatic rings. The van der Waals surface area contributed by atoms with Gasteiger partial charge in [-0.2, -0.15) is 5.26 Å². The Kier molecular flexibility index (Phi) is 7.29. The van der Waals surface area contributed by atoms with Crippen LogP contribution in [0.15, 0.2) is 76.8 Å². The van der Waals surface area contributed by atoms with Gasteiger partial charge in [-0.25, -0.2) is 0 Å². The monoisotopic (exact) mass is 480 g/mol. The second kappa shape index (κ2) is 10.1. The second-order valence-electron chi connectivity index (χ2n) is 6.46. The van der Waals surface area contributed by atoms with Gasteiger partial charge >= 0.3 is 0 Å². The number of hydrogen-bond acceptors (Lipinski definition) is 3. The summed E-state index contributed by atoms with van der Waals surface area (Å²) in [5, 5.41) is 12.9. The standard InChI is InChI=1S/C24H18BrClN2O2/c1-30-22-11-6-16(18(14-22)13-17-4-2-3-5-23(17)25)12-19(15-27)24(29)28-21-9-7-20(26)8-10-21/h2-12,14H,13H2,1H3,(H,28,29)/b19-12+. The molecule has 0 saturated carbocycles. The highest BCUT2D eigenvalue weighted by Gasteiger charge is 2.13. The topological polar surface area (TPSA) is 62.1 Å². The third-order valence-electron chi connectivity index (χ3n) is 4.46. The molecule has 150 valence electrons. The van der Waals surface area contributed by atoms with Crippen molar-refractivity contribution < 1.29 is 9.53 Å². The number of halogens is 2. The first-order valence-electron chi connectivity index (χ1n) is 9.09.